The smallest absolute Gasteiger partial charge is 0.321 e. The van der Waals surface area contributed by atoms with E-state index >= 15 is 0 Å². The maximum atomic E-state index is 12.7. The molecule has 1 nitrogen and oxygen atoms in total. The standard InChI is InChI=1S/C11H12F3N/c12-11(13,14)9-5-2-1-4-8(9)10(15)6-3-7-10/h1-2,4-5H,3,6-7,15H2. The summed E-state index contributed by atoms with van der Waals surface area (Å²) in [5.41, 5.74) is 4.81. The average molecular weight is 215 g/mol. The molecule has 0 heterocycles. The molecule has 0 bridgehead atoms. The molecule has 82 valence electrons. The van der Waals surface area contributed by atoms with Gasteiger partial charge in [-0.15, -0.1) is 0 Å². The Balaban J connectivity index is 2.47. The molecule has 0 unspecified atom stereocenters. The Labute approximate surface area is 86.1 Å². The number of halogens is 3. The molecule has 0 spiro atoms. The van der Waals surface area contributed by atoms with Crippen molar-refractivity contribution >= 4 is 0 Å². The Morgan fingerprint density at radius 2 is 1.73 bits per heavy atom. The van der Waals surface area contributed by atoms with Crippen LogP contribution in [0, 0.1) is 0 Å². The highest BCUT2D eigenvalue weighted by atomic mass is 19.4. The van der Waals surface area contributed by atoms with Gasteiger partial charge >= 0.3 is 6.18 Å². The summed E-state index contributed by atoms with van der Waals surface area (Å²) in [6, 6.07) is 5.59. The highest BCUT2D eigenvalue weighted by molar-refractivity contribution is 5.36. The molecule has 0 saturated heterocycles. The second kappa shape index (κ2) is 3.23. The number of hydrogen-bond donors (Lipinski definition) is 1. The first-order valence-corrected chi connectivity index (χ1v) is 4.89. The van der Waals surface area contributed by atoms with Crippen molar-refractivity contribution < 1.29 is 13.2 Å². The van der Waals surface area contributed by atoms with E-state index in [1.165, 1.54) is 12.1 Å². The maximum Gasteiger partial charge on any atom is 0.416 e. The first-order chi connectivity index (χ1) is 6.93. The zero-order valence-electron chi connectivity index (χ0n) is 8.14. The molecule has 0 aliphatic heterocycles. The molecular formula is C11H12F3N. The van der Waals surface area contributed by atoms with Crippen LogP contribution in [0.15, 0.2) is 24.3 Å². The lowest BCUT2D eigenvalue weighted by atomic mass is 9.71. The first kappa shape index (κ1) is 10.5. The van der Waals surface area contributed by atoms with Crippen LogP contribution in [-0.2, 0) is 11.7 Å². The van der Waals surface area contributed by atoms with E-state index in [2.05, 4.69) is 0 Å². The van der Waals surface area contributed by atoms with Gasteiger partial charge in [-0.2, -0.15) is 13.2 Å². The average Bonchev–Trinajstić information content (AvgIpc) is 2.13. The molecule has 0 aromatic heterocycles. The van der Waals surface area contributed by atoms with Crippen LogP contribution < -0.4 is 5.73 Å². The normalized spacial score (nSPS) is 19.7. The molecule has 1 fully saturated rings. The molecular weight excluding hydrogens is 203 g/mol. The first-order valence-electron chi connectivity index (χ1n) is 4.89. The molecule has 4 heteroatoms. The van der Waals surface area contributed by atoms with Crippen molar-refractivity contribution in [3.8, 4) is 0 Å². The molecule has 1 aromatic carbocycles. The Bertz CT molecular complexity index is 366. The lowest BCUT2D eigenvalue weighted by molar-refractivity contribution is -0.139. The third kappa shape index (κ3) is 1.74. The van der Waals surface area contributed by atoms with Gasteiger partial charge in [-0.3, -0.25) is 0 Å². The topological polar surface area (TPSA) is 26.0 Å². The zero-order valence-corrected chi connectivity index (χ0v) is 8.14. The quantitative estimate of drug-likeness (QED) is 0.765. The van der Waals surface area contributed by atoms with Crippen molar-refractivity contribution in [2.24, 2.45) is 5.73 Å². The molecule has 2 N–H and O–H groups in total. The Morgan fingerprint density at radius 1 is 1.13 bits per heavy atom. The van der Waals surface area contributed by atoms with Crippen LogP contribution >= 0.6 is 0 Å². The lowest BCUT2D eigenvalue weighted by Crippen LogP contribution is -2.44. The Hall–Kier alpha value is -1.03. The van der Waals surface area contributed by atoms with Crippen LogP contribution in [0.5, 0.6) is 0 Å². The molecule has 1 saturated carbocycles. The summed E-state index contributed by atoms with van der Waals surface area (Å²) in [4.78, 5) is 0. The number of hydrogen-bond acceptors (Lipinski definition) is 1. The van der Waals surface area contributed by atoms with E-state index in [9.17, 15) is 13.2 Å². The van der Waals surface area contributed by atoms with Gasteiger partial charge in [0, 0.05) is 5.54 Å². The van der Waals surface area contributed by atoms with Crippen LogP contribution in [0.3, 0.4) is 0 Å². The molecule has 2 rings (SSSR count). The molecule has 1 aromatic rings. The van der Waals surface area contributed by atoms with Gasteiger partial charge in [0.25, 0.3) is 0 Å². The zero-order chi connectivity index (χ0) is 11.1. The summed E-state index contributed by atoms with van der Waals surface area (Å²) in [6.07, 6.45) is -2.12. The highest BCUT2D eigenvalue weighted by Gasteiger charge is 2.42. The molecule has 15 heavy (non-hydrogen) atoms. The minimum absolute atomic E-state index is 0.240. The fraction of sp³-hybridized carbons (Fsp3) is 0.455. The van der Waals surface area contributed by atoms with Gasteiger partial charge in [0.1, 0.15) is 0 Å². The monoisotopic (exact) mass is 215 g/mol. The fourth-order valence-corrected chi connectivity index (χ4v) is 1.99. The van der Waals surface area contributed by atoms with Gasteiger partial charge in [-0.05, 0) is 30.9 Å². The molecule has 0 atom stereocenters. The van der Waals surface area contributed by atoms with Crippen LogP contribution in [0.1, 0.15) is 30.4 Å². The number of rotatable bonds is 1. The fourth-order valence-electron chi connectivity index (χ4n) is 1.99. The third-order valence-electron chi connectivity index (χ3n) is 3.01. The van der Waals surface area contributed by atoms with Crippen LogP contribution in [0.2, 0.25) is 0 Å². The van der Waals surface area contributed by atoms with Gasteiger partial charge in [0.15, 0.2) is 0 Å². The summed E-state index contributed by atoms with van der Waals surface area (Å²) >= 11 is 0. The van der Waals surface area contributed by atoms with E-state index < -0.39 is 17.3 Å². The van der Waals surface area contributed by atoms with Crippen LogP contribution in [-0.4, -0.2) is 0 Å². The van der Waals surface area contributed by atoms with E-state index in [1.54, 1.807) is 6.07 Å². The third-order valence-corrected chi connectivity index (χ3v) is 3.01. The van der Waals surface area contributed by atoms with Gasteiger partial charge in [-0.1, -0.05) is 18.2 Å². The maximum absolute atomic E-state index is 12.7. The minimum Gasteiger partial charge on any atom is -0.321 e. The predicted octanol–water partition coefficient (Wildman–Crippen LogP) is 3.04. The van der Waals surface area contributed by atoms with Crippen molar-refractivity contribution in [1.29, 1.82) is 0 Å². The molecule has 0 amide bonds. The summed E-state index contributed by atoms with van der Waals surface area (Å²) in [7, 11) is 0. The second-order valence-electron chi connectivity index (χ2n) is 4.05. The predicted molar refractivity (Wildman–Crippen MR) is 51.2 cm³/mol. The van der Waals surface area contributed by atoms with Crippen molar-refractivity contribution in [2.75, 3.05) is 0 Å². The minimum atomic E-state index is -4.31. The molecule has 1 aliphatic rings. The van der Waals surface area contributed by atoms with E-state index in [-0.39, 0.29) is 5.56 Å². The van der Waals surface area contributed by atoms with Crippen molar-refractivity contribution in [3.05, 3.63) is 35.4 Å². The summed E-state index contributed by atoms with van der Waals surface area (Å²) in [6.45, 7) is 0. The summed E-state index contributed by atoms with van der Waals surface area (Å²) < 4.78 is 38.1. The van der Waals surface area contributed by atoms with Gasteiger partial charge in [-0.25, -0.2) is 0 Å². The SMILES string of the molecule is NC1(c2ccccc2C(F)(F)F)CCC1. The highest BCUT2D eigenvalue weighted by Crippen LogP contribution is 2.44. The van der Waals surface area contributed by atoms with Crippen molar-refractivity contribution in [1.82, 2.24) is 0 Å². The van der Waals surface area contributed by atoms with Crippen molar-refractivity contribution in [2.45, 2.75) is 31.0 Å². The van der Waals surface area contributed by atoms with Crippen molar-refractivity contribution in [3.63, 3.8) is 0 Å². The largest absolute Gasteiger partial charge is 0.416 e. The Morgan fingerprint density at radius 3 is 2.20 bits per heavy atom. The van der Waals surface area contributed by atoms with Gasteiger partial charge < -0.3 is 5.73 Å². The molecule has 1 aliphatic carbocycles. The second-order valence-corrected chi connectivity index (χ2v) is 4.05. The molecule has 0 radical (unpaired) electrons. The number of benzene rings is 1. The summed E-state index contributed by atoms with van der Waals surface area (Å²) in [5, 5.41) is 0. The van der Waals surface area contributed by atoms with Gasteiger partial charge in [0.2, 0.25) is 0 Å². The number of nitrogens with two attached hydrogens (primary N) is 1. The van der Waals surface area contributed by atoms with E-state index in [0.29, 0.717) is 12.8 Å². The lowest BCUT2D eigenvalue weighted by Gasteiger charge is -2.40. The van der Waals surface area contributed by atoms with E-state index in [0.717, 1.165) is 12.5 Å². The summed E-state index contributed by atoms with van der Waals surface area (Å²) in [5.74, 6) is 0. The Kier molecular flexibility index (Phi) is 2.26. The van der Waals surface area contributed by atoms with E-state index in [1.807, 2.05) is 0 Å². The van der Waals surface area contributed by atoms with Gasteiger partial charge in [0.05, 0.1) is 5.56 Å². The van der Waals surface area contributed by atoms with Crippen LogP contribution in [0.25, 0.3) is 0 Å². The number of alkyl halides is 3. The van der Waals surface area contributed by atoms with E-state index in [4.69, 9.17) is 5.73 Å². The van der Waals surface area contributed by atoms with Crippen LogP contribution in [0.4, 0.5) is 13.2 Å².